The molecule has 1 unspecified atom stereocenters. The molecule has 3 aromatic rings. The number of benzene rings is 1. The first-order valence-electron chi connectivity index (χ1n) is 11.9. The van der Waals surface area contributed by atoms with Gasteiger partial charge in [-0.15, -0.1) is 0 Å². The SMILES string of the molecule is O=C(O)C(F)(F)F.O=C(O)C(F)(F)F.O=C(c1ccsc1)N1CC2(CCN(Cc3cccc(Cl)c3)C2)c2ncccc21. The third-order valence-corrected chi connectivity index (χ3v) is 7.18. The number of carboxylic acid groups (broad SMARTS) is 2. The van der Waals surface area contributed by atoms with Gasteiger partial charge in [-0.25, -0.2) is 9.59 Å². The molecule has 0 radical (unpaired) electrons. The second kappa shape index (κ2) is 13.1. The van der Waals surface area contributed by atoms with Gasteiger partial charge in [-0.05, 0) is 54.2 Å². The number of carboxylic acids is 2. The summed E-state index contributed by atoms with van der Waals surface area (Å²) in [6.45, 7) is 3.45. The van der Waals surface area contributed by atoms with Crippen molar-refractivity contribution in [2.24, 2.45) is 0 Å². The average molecular weight is 638 g/mol. The summed E-state index contributed by atoms with van der Waals surface area (Å²) in [6.07, 6.45) is -7.32. The number of nitrogens with zero attached hydrogens (tertiary/aromatic N) is 3. The van der Waals surface area contributed by atoms with Crippen LogP contribution in [0.3, 0.4) is 0 Å². The Balaban J connectivity index is 0.000000289. The summed E-state index contributed by atoms with van der Waals surface area (Å²) in [5.74, 6) is -5.44. The van der Waals surface area contributed by atoms with E-state index in [1.54, 1.807) is 11.3 Å². The highest BCUT2D eigenvalue weighted by Gasteiger charge is 2.50. The minimum Gasteiger partial charge on any atom is -0.475 e. The van der Waals surface area contributed by atoms with Crippen LogP contribution in [0.5, 0.6) is 0 Å². The van der Waals surface area contributed by atoms with Crippen molar-refractivity contribution in [2.45, 2.75) is 30.7 Å². The van der Waals surface area contributed by atoms with Crippen molar-refractivity contribution in [3.05, 3.63) is 81.3 Å². The van der Waals surface area contributed by atoms with E-state index in [1.165, 1.54) is 5.56 Å². The first-order valence-corrected chi connectivity index (χ1v) is 13.2. The van der Waals surface area contributed by atoms with E-state index in [1.807, 2.05) is 58.3 Å². The Kier molecular flexibility index (Phi) is 10.2. The maximum Gasteiger partial charge on any atom is 0.490 e. The zero-order chi connectivity index (χ0) is 31.3. The summed E-state index contributed by atoms with van der Waals surface area (Å²) < 4.78 is 63.5. The van der Waals surface area contributed by atoms with E-state index in [0.29, 0.717) is 6.54 Å². The first kappa shape index (κ1) is 32.8. The number of rotatable bonds is 3. The van der Waals surface area contributed by atoms with Gasteiger partial charge >= 0.3 is 24.3 Å². The fourth-order valence-corrected chi connectivity index (χ4v) is 5.36. The van der Waals surface area contributed by atoms with Crippen LogP contribution < -0.4 is 4.90 Å². The summed E-state index contributed by atoms with van der Waals surface area (Å²) in [5, 5.41) is 18.9. The molecule has 5 rings (SSSR count). The Hall–Kier alpha value is -3.69. The quantitative estimate of drug-likeness (QED) is 0.346. The van der Waals surface area contributed by atoms with Crippen molar-refractivity contribution in [3.8, 4) is 0 Å². The van der Waals surface area contributed by atoms with Gasteiger partial charge < -0.3 is 15.1 Å². The van der Waals surface area contributed by atoms with Crippen LogP contribution in [0.2, 0.25) is 5.02 Å². The summed E-state index contributed by atoms with van der Waals surface area (Å²) in [7, 11) is 0. The summed E-state index contributed by atoms with van der Waals surface area (Å²) >= 11 is 7.70. The number of halogens is 7. The predicted molar refractivity (Wildman–Crippen MR) is 141 cm³/mol. The molecule has 0 saturated carbocycles. The van der Waals surface area contributed by atoms with E-state index in [2.05, 4.69) is 11.0 Å². The van der Waals surface area contributed by atoms with Gasteiger partial charge in [0.1, 0.15) is 0 Å². The van der Waals surface area contributed by atoms with Crippen molar-refractivity contribution >= 4 is 46.5 Å². The zero-order valence-electron chi connectivity index (χ0n) is 21.3. The van der Waals surface area contributed by atoms with E-state index < -0.39 is 24.3 Å². The maximum absolute atomic E-state index is 13.1. The van der Waals surface area contributed by atoms with E-state index in [-0.39, 0.29) is 11.3 Å². The molecule has 2 aliphatic heterocycles. The highest BCUT2D eigenvalue weighted by molar-refractivity contribution is 7.08. The Morgan fingerprint density at radius 1 is 0.976 bits per heavy atom. The second-order valence-corrected chi connectivity index (χ2v) is 10.5. The molecule has 4 heterocycles. The van der Waals surface area contributed by atoms with Gasteiger partial charge in [-0.2, -0.15) is 37.7 Å². The molecular weight excluding hydrogens is 616 g/mol. The van der Waals surface area contributed by atoms with Crippen molar-refractivity contribution in [3.63, 3.8) is 0 Å². The van der Waals surface area contributed by atoms with Gasteiger partial charge in [0.25, 0.3) is 5.91 Å². The number of fused-ring (bicyclic) bond motifs is 2. The molecule has 8 nitrogen and oxygen atoms in total. The third-order valence-electron chi connectivity index (χ3n) is 6.27. The summed E-state index contributed by atoms with van der Waals surface area (Å²) in [5.41, 5.74) is 3.90. The molecule has 1 fully saturated rings. The van der Waals surface area contributed by atoms with Crippen LogP contribution in [0.15, 0.2) is 59.4 Å². The molecule has 1 atom stereocenters. The number of likely N-dealkylation sites (tertiary alicyclic amines) is 1. The van der Waals surface area contributed by atoms with Crippen LogP contribution in [0.1, 0.15) is 28.0 Å². The summed E-state index contributed by atoms with van der Waals surface area (Å²) in [4.78, 5) is 40.0. The normalized spacial score (nSPS) is 18.0. The highest BCUT2D eigenvalue weighted by atomic mass is 35.5. The number of hydrogen-bond acceptors (Lipinski definition) is 6. The van der Waals surface area contributed by atoms with E-state index in [4.69, 9.17) is 36.4 Å². The standard InChI is InChI=1S/C22H20ClN3OS.2C2HF3O2/c23-18-4-1-3-16(11-18)12-25-9-7-22(14-25)15-26(19-5-2-8-24-20(19)22)21(27)17-6-10-28-13-17;2*3-2(4,5)1(6)7/h1-6,8,10-11,13H,7,9,12,14-15H2;2*(H,6,7). The van der Waals surface area contributed by atoms with Gasteiger partial charge in [0.15, 0.2) is 0 Å². The van der Waals surface area contributed by atoms with Crippen LogP contribution in [0.4, 0.5) is 32.0 Å². The monoisotopic (exact) mass is 637 g/mol. The fourth-order valence-electron chi connectivity index (χ4n) is 4.52. The number of aromatic nitrogens is 1. The Morgan fingerprint density at radius 3 is 2.17 bits per heavy atom. The lowest BCUT2D eigenvalue weighted by Gasteiger charge is -2.25. The Labute approximate surface area is 243 Å². The lowest BCUT2D eigenvalue weighted by Crippen LogP contribution is -2.39. The van der Waals surface area contributed by atoms with Crippen molar-refractivity contribution in [1.82, 2.24) is 9.88 Å². The van der Waals surface area contributed by atoms with Crippen LogP contribution in [0, 0.1) is 0 Å². The predicted octanol–water partition coefficient (Wildman–Crippen LogP) is 5.87. The Bertz CT molecular complexity index is 1400. The molecule has 1 amide bonds. The largest absolute Gasteiger partial charge is 0.490 e. The van der Waals surface area contributed by atoms with Crippen molar-refractivity contribution in [2.75, 3.05) is 24.5 Å². The molecule has 2 aromatic heterocycles. The molecule has 1 saturated heterocycles. The van der Waals surface area contributed by atoms with E-state index >= 15 is 0 Å². The number of thiophene rings is 1. The number of anilines is 1. The molecular formula is C26H22ClF6N3O5S. The minimum absolute atomic E-state index is 0.0701. The van der Waals surface area contributed by atoms with E-state index in [9.17, 15) is 31.1 Å². The summed E-state index contributed by atoms with van der Waals surface area (Å²) in [6, 6.07) is 13.9. The molecule has 1 spiro atoms. The molecule has 0 aliphatic carbocycles. The number of amides is 1. The van der Waals surface area contributed by atoms with Gasteiger partial charge in [0.2, 0.25) is 0 Å². The lowest BCUT2D eigenvalue weighted by atomic mass is 9.85. The van der Waals surface area contributed by atoms with Gasteiger partial charge in [0, 0.05) is 41.6 Å². The van der Waals surface area contributed by atoms with Gasteiger partial charge in [-0.3, -0.25) is 14.7 Å². The van der Waals surface area contributed by atoms with Crippen LogP contribution >= 0.6 is 22.9 Å². The number of aliphatic carboxylic acids is 2. The molecule has 2 aliphatic rings. The number of pyridine rings is 1. The fraction of sp³-hybridized carbons (Fsp3) is 0.308. The van der Waals surface area contributed by atoms with Gasteiger partial charge in [0.05, 0.1) is 16.9 Å². The number of carbonyl (C=O) groups is 3. The molecule has 42 heavy (non-hydrogen) atoms. The Morgan fingerprint density at radius 2 is 1.62 bits per heavy atom. The zero-order valence-corrected chi connectivity index (χ0v) is 22.9. The third kappa shape index (κ3) is 8.20. The number of carbonyl (C=O) groups excluding carboxylic acids is 1. The molecule has 2 N–H and O–H groups in total. The van der Waals surface area contributed by atoms with Crippen LogP contribution in [-0.2, 0) is 21.5 Å². The highest BCUT2D eigenvalue weighted by Crippen LogP contribution is 2.46. The minimum atomic E-state index is -5.08. The number of alkyl halides is 6. The lowest BCUT2D eigenvalue weighted by molar-refractivity contribution is -0.193. The topological polar surface area (TPSA) is 111 Å². The molecule has 1 aromatic carbocycles. The smallest absolute Gasteiger partial charge is 0.475 e. The number of hydrogen-bond donors (Lipinski definition) is 2. The first-order chi connectivity index (χ1) is 19.5. The van der Waals surface area contributed by atoms with Crippen LogP contribution in [0.25, 0.3) is 0 Å². The van der Waals surface area contributed by atoms with E-state index in [0.717, 1.165) is 48.0 Å². The molecule has 0 bridgehead atoms. The second-order valence-electron chi connectivity index (χ2n) is 9.25. The average Bonchev–Trinajstić information content (AvgIpc) is 3.64. The molecule has 226 valence electrons. The molecule has 16 heteroatoms. The maximum atomic E-state index is 13.1. The van der Waals surface area contributed by atoms with Crippen molar-refractivity contribution in [1.29, 1.82) is 0 Å². The van der Waals surface area contributed by atoms with Crippen LogP contribution in [-0.4, -0.2) is 69.9 Å². The van der Waals surface area contributed by atoms with Crippen molar-refractivity contribution < 1.29 is 50.9 Å². The van der Waals surface area contributed by atoms with Gasteiger partial charge in [-0.1, -0.05) is 23.7 Å².